The Labute approximate surface area is 183 Å². The average Bonchev–Trinajstić information content (AvgIpc) is 3.41. The van der Waals surface area contributed by atoms with Crippen LogP contribution in [0.3, 0.4) is 0 Å². The number of ether oxygens (including phenoxy) is 2. The van der Waals surface area contributed by atoms with Crippen LogP contribution in [-0.2, 0) is 14.8 Å². The molecular weight excluding hydrogens is 416 g/mol. The predicted octanol–water partition coefficient (Wildman–Crippen LogP) is 3.20. The summed E-state index contributed by atoms with van der Waals surface area (Å²) in [5.74, 6) is 1.77. The third kappa shape index (κ3) is 4.35. The van der Waals surface area contributed by atoms with Gasteiger partial charge in [0.15, 0.2) is 11.5 Å². The van der Waals surface area contributed by atoms with Gasteiger partial charge in [-0.15, -0.1) is 0 Å². The van der Waals surface area contributed by atoms with E-state index in [1.54, 1.807) is 36.4 Å². The topological polar surface area (TPSA) is 84.9 Å². The number of methoxy groups -OCH3 is 2. The van der Waals surface area contributed by atoms with Crippen LogP contribution in [0.4, 0.5) is 5.69 Å². The first-order valence-corrected chi connectivity index (χ1v) is 12.0. The molecule has 2 bridgehead atoms. The molecule has 2 fully saturated rings. The summed E-state index contributed by atoms with van der Waals surface area (Å²) >= 11 is 0. The molecule has 166 valence electrons. The summed E-state index contributed by atoms with van der Waals surface area (Å²) in [6.45, 7) is -0.305. The van der Waals surface area contributed by atoms with E-state index in [0.29, 0.717) is 29.0 Å². The van der Waals surface area contributed by atoms with Crippen molar-refractivity contribution in [3.63, 3.8) is 0 Å². The van der Waals surface area contributed by atoms with Crippen LogP contribution >= 0.6 is 0 Å². The van der Waals surface area contributed by atoms with Gasteiger partial charge in [0, 0.05) is 12.1 Å². The molecule has 2 aliphatic rings. The van der Waals surface area contributed by atoms with E-state index in [1.165, 1.54) is 32.8 Å². The zero-order chi connectivity index (χ0) is 22.0. The standard InChI is InChI=1S/C23H28N2O5S/c1-29-21-11-10-18(14-22(21)30-2)25(31(27,28)19-6-4-3-5-7-19)15-23(26)24-20-13-16-8-9-17(20)12-16/h3-7,10-11,14,16-17,20H,8-9,12-13,15H2,1-2H3,(H,24,26)/t16-,17+,20+/m0/s1. The van der Waals surface area contributed by atoms with Gasteiger partial charge in [-0.2, -0.15) is 0 Å². The van der Waals surface area contributed by atoms with Gasteiger partial charge in [-0.05, 0) is 55.4 Å². The number of sulfonamides is 1. The molecule has 1 N–H and O–H groups in total. The Morgan fingerprint density at radius 1 is 1.03 bits per heavy atom. The molecule has 0 unspecified atom stereocenters. The molecule has 2 aromatic rings. The van der Waals surface area contributed by atoms with Crippen LogP contribution in [-0.4, -0.2) is 41.1 Å². The number of amides is 1. The first-order chi connectivity index (χ1) is 14.9. The zero-order valence-electron chi connectivity index (χ0n) is 17.8. The van der Waals surface area contributed by atoms with Crippen molar-refractivity contribution in [2.75, 3.05) is 25.1 Å². The van der Waals surface area contributed by atoms with E-state index in [1.807, 2.05) is 0 Å². The average molecular weight is 445 g/mol. The largest absolute Gasteiger partial charge is 0.493 e. The molecule has 0 saturated heterocycles. The van der Waals surface area contributed by atoms with Gasteiger partial charge in [0.05, 0.1) is 24.8 Å². The minimum absolute atomic E-state index is 0.123. The molecule has 2 aliphatic carbocycles. The smallest absolute Gasteiger partial charge is 0.264 e. The van der Waals surface area contributed by atoms with E-state index in [2.05, 4.69) is 5.32 Å². The number of carbonyl (C=O) groups is 1. The molecule has 0 heterocycles. The summed E-state index contributed by atoms with van der Waals surface area (Å²) in [4.78, 5) is 13.1. The Hall–Kier alpha value is -2.74. The maximum Gasteiger partial charge on any atom is 0.264 e. The lowest BCUT2D eigenvalue weighted by atomic mass is 9.95. The summed E-state index contributed by atoms with van der Waals surface area (Å²) in [5.41, 5.74) is 0.338. The molecule has 7 nitrogen and oxygen atoms in total. The Bertz CT molecular complexity index is 1040. The Morgan fingerprint density at radius 2 is 1.77 bits per heavy atom. The number of fused-ring (bicyclic) bond motifs is 2. The highest BCUT2D eigenvalue weighted by molar-refractivity contribution is 7.92. The second-order valence-corrected chi connectivity index (χ2v) is 10.1. The van der Waals surface area contributed by atoms with Crippen molar-refractivity contribution in [2.45, 2.75) is 36.6 Å². The summed E-state index contributed by atoms with van der Waals surface area (Å²) in [7, 11) is -0.963. The number of carbonyl (C=O) groups excluding carboxylic acids is 1. The third-order valence-electron chi connectivity index (χ3n) is 6.36. The van der Waals surface area contributed by atoms with Gasteiger partial charge in [-0.3, -0.25) is 9.10 Å². The van der Waals surface area contributed by atoms with Gasteiger partial charge in [0.25, 0.3) is 10.0 Å². The van der Waals surface area contributed by atoms with E-state index in [-0.39, 0.29) is 23.4 Å². The molecule has 31 heavy (non-hydrogen) atoms. The number of anilines is 1. The van der Waals surface area contributed by atoms with Crippen molar-refractivity contribution in [2.24, 2.45) is 11.8 Å². The lowest BCUT2D eigenvalue weighted by Gasteiger charge is -2.27. The highest BCUT2D eigenvalue weighted by Crippen LogP contribution is 2.44. The normalized spacial score (nSPS) is 22.2. The molecule has 2 saturated carbocycles. The number of nitrogens with zero attached hydrogens (tertiary/aromatic N) is 1. The fourth-order valence-electron chi connectivity index (χ4n) is 4.82. The van der Waals surface area contributed by atoms with Gasteiger partial charge in [0.1, 0.15) is 6.54 Å². The third-order valence-corrected chi connectivity index (χ3v) is 8.15. The molecule has 1 amide bonds. The predicted molar refractivity (Wildman–Crippen MR) is 118 cm³/mol. The Kier molecular flexibility index (Phi) is 6.09. The lowest BCUT2D eigenvalue weighted by Crippen LogP contribution is -2.46. The van der Waals surface area contributed by atoms with Crippen molar-refractivity contribution in [1.82, 2.24) is 5.32 Å². The van der Waals surface area contributed by atoms with Gasteiger partial charge in [-0.1, -0.05) is 24.6 Å². The minimum Gasteiger partial charge on any atom is -0.493 e. The minimum atomic E-state index is -3.96. The van der Waals surface area contributed by atoms with Crippen molar-refractivity contribution in [1.29, 1.82) is 0 Å². The number of hydrogen-bond donors (Lipinski definition) is 1. The highest BCUT2D eigenvalue weighted by atomic mass is 32.2. The van der Waals surface area contributed by atoms with Crippen LogP contribution in [0.2, 0.25) is 0 Å². The summed E-state index contributed by atoms with van der Waals surface area (Å²) in [5, 5.41) is 3.08. The quantitative estimate of drug-likeness (QED) is 0.676. The summed E-state index contributed by atoms with van der Waals surface area (Å²) in [6, 6.07) is 13.1. The van der Waals surface area contributed by atoms with Crippen molar-refractivity contribution in [3.05, 3.63) is 48.5 Å². The fourth-order valence-corrected chi connectivity index (χ4v) is 6.25. The maximum absolute atomic E-state index is 13.5. The van der Waals surface area contributed by atoms with Crippen molar-refractivity contribution < 1.29 is 22.7 Å². The molecular formula is C23H28N2O5S. The molecule has 0 aromatic heterocycles. The monoisotopic (exact) mass is 444 g/mol. The second kappa shape index (κ2) is 8.78. The van der Waals surface area contributed by atoms with E-state index in [9.17, 15) is 13.2 Å². The van der Waals surface area contributed by atoms with E-state index in [4.69, 9.17) is 9.47 Å². The second-order valence-electron chi connectivity index (χ2n) is 8.21. The number of nitrogens with one attached hydrogen (secondary N) is 1. The van der Waals surface area contributed by atoms with Crippen LogP contribution in [0.1, 0.15) is 25.7 Å². The van der Waals surface area contributed by atoms with Gasteiger partial charge in [-0.25, -0.2) is 8.42 Å². The molecule has 8 heteroatoms. The van der Waals surface area contributed by atoms with Crippen molar-refractivity contribution >= 4 is 21.6 Å². The molecule has 4 rings (SSSR count). The van der Waals surface area contributed by atoms with Gasteiger partial charge >= 0.3 is 0 Å². The number of benzene rings is 2. The summed E-state index contributed by atoms with van der Waals surface area (Å²) in [6.07, 6.45) is 4.51. The van der Waals surface area contributed by atoms with Crippen LogP contribution in [0, 0.1) is 11.8 Å². The van der Waals surface area contributed by atoms with Crippen LogP contribution in [0.5, 0.6) is 11.5 Å². The molecule has 2 aromatic carbocycles. The fraction of sp³-hybridized carbons (Fsp3) is 0.435. The van der Waals surface area contributed by atoms with Crippen LogP contribution < -0.4 is 19.1 Å². The SMILES string of the molecule is COc1ccc(N(CC(=O)N[C@@H]2C[C@H]3CC[C@@H]2C3)S(=O)(=O)c2ccccc2)cc1OC. The van der Waals surface area contributed by atoms with Crippen molar-refractivity contribution in [3.8, 4) is 11.5 Å². The highest BCUT2D eigenvalue weighted by Gasteiger charge is 2.40. The van der Waals surface area contributed by atoms with Crippen LogP contribution in [0.25, 0.3) is 0 Å². The molecule has 3 atom stereocenters. The maximum atomic E-state index is 13.5. The van der Waals surface area contributed by atoms with E-state index < -0.39 is 10.0 Å². The van der Waals surface area contributed by atoms with Gasteiger partial charge < -0.3 is 14.8 Å². The van der Waals surface area contributed by atoms with Crippen LogP contribution in [0.15, 0.2) is 53.4 Å². The Balaban J connectivity index is 1.63. The van der Waals surface area contributed by atoms with E-state index >= 15 is 0 Å². The number of rotatable bonds is 8. The first-order valence-electron chi connectivity index (χ1n) is 10.5. The zero-order valence-corrected chi connectivity index (χ0v) is 18.6. The Morgan fingerprint density at radius 3 is 2.39 bits per heavy atom. The van der Waals surface area contributed by atoms with E-state index in [0.717, 1.165) is 23.6 Å². The molecule has 0 radical (unpaired) electrons. The molecule has 0 aliphatic heterocycles. The summed E-state index contributed by atoms with van der Waals surface area (Å²) < 4.78 is 38.7. The van der Waals surface area contributed by atoms with Gasteiger partial charge in [0.2, 0.25) is 5.91 Å². The molecule has 0 spiro atoms. The number of hydrogen-bond acceptors (Lipinski definition) is 5. The first kappa shape index (κ1) is 21.5. The lowest BCUT2D eigenvalue weighted by molar-refractivity contribution is -0.120.